The van der Waals surface area contributed by atoms with E-state index >= 15 is 0 Å². The molecule has 1 fully saturated rings. The van der Waals surface area contributed by atoms with Crippen molar-refractivity contribution in [2.75, 3.05) is 0 Å². The Labute approximate surface area is 119 Å². The fourth-order valence-corrected chi connectivity index (χ4v) is 2.07. The summed E-state index contributed by atoms with van der Waals surface area (Å²) in [4.78, 5) is 35.7. The van der Waals surface area contributed by atoms with E-state index in [1.807, 2.05) is 0 Å². The van der Waals surface area contributed by atoms with Gasteiger partial charge in [-0.2, -0.15) is 0 Å². The topological polar surface area (TPSA) is 83.9 Å². The van der Waals surface area contributed by atoms with E-state index in [9.17, 15) is 19.5 Å². The van der Waals surface area contributed by atoms with Gasteiger partial charge >= 0.3 is 12.1 Å². The van der Waals surface area contributed by atoms with Crippen LogP contribution in [0.15, 0.2) is 0 Å². The van der Waals surface area contributed by atoms with Crippen LogP contribution >= 0.6 is 0 Å². The van der Waals surface area contributed by atoms with E-state index in [1.165, 1.54) is 4.90 Å². The third kappa shape index (κ3) is 4.51. The standard InChI is InChI=1S/C14H23NO5/c1-9(7-8-16)11(12(17)18)15(10-5-6-10)13(19)20-14(2,3)4/h8-11H,5-7H2,1-4H3,(H,17,18). The number of carbonyl (C=O) groups is 3. The molecule has 1 aliphatic carbocycles. The lowest BCUT2D eigenvalue weighted by molar-refractivity contribution is -0.145. The van der Waals surface area contributed by atoms with Gasteiger partial charge in [0.25, 0.3) is 0 Å². The molecule has 1 N–H and O–H groups in total. The Hall–Kier alpha value is -1.59. The van der Waals surface area contributed by atoms with Gasteiger partial charge in [0.1, 0.15) is 17.9 Å². The van der Waals surface area contributed by atoms with Crippen molar-refractivity contribution >= 4 is 18.3 Å². The van der Waals surface area contributed by atoms with Crippen LogP contribution in [-0.2, 0) is 14.3 Å². The number of carboxylic acids is 1. The monoisotopic (exact) mass is 285 g/mol. The molecule has 114 valence electrons. The average molecular weight is 285 g/mol. The molecule has 1 aliphatic rings. The Balaban J connectivity index is 2.94. The molecule has 1 amide bonds. The van der Waals surface area contributed by atoms with Gasteiger partial charge in [-0.15, -0.1) is 0 Å². The number of aldehydes is 1. The van der Waals surface area contributed by atoms with Gasteiger partial charge in [-0.1, -0.05) is 6.92 Å². The van der Waals surface area contributed by atoms with Crippen molar-refractivity contribution in [1.82, 2.24) is 4.90 Å². The molecule has 0 saturated heterocycles. The zero-order valence-electron chi connectivity index (χ0n) is 12.5. The van der Waals surface area contributed by atoms with Crippen molar-refractivity contribution in [3.05, 3.63) is 0 Å². The number of amides is 1. The highest BCUT2D eigenvalue weighted by Gasteiger charge is 2.44. The number of carbonyl (C=O) groups excluding carboxylic acids is 2. The molecule has 2 atom stereocenters. The fraction of sp³-hybridized carbons (Fsp3) is 0.786. The van der Waals surface area contributed by atoms with Crippen LogP contribution < -0.4 is 0 Å². The molecule has 6 heteroatoms. The van der Waals surface area contributed by atoms with Crippen molar-refractivity contribution in [2.24, 2.45) is 5.92 Å². The van der Waals surface area contributed by atoms with Crippen LogP contribution in [0, 0.1) is 5.92 Å². The first-order chi connectivity index (χ1) is 9.17. The van der Waals surface area contributed by atoms with Crippen LogP contribution in [0.5, 0.6) is 0 Å². The highest BCUT2D eigenvalue weighted by Crippen LogP contribution is 2.33. The van der Waals surface area contributed by atoms with E-state index in [1.54, 1.807) is 27.7 Å². The van der Waals surface area contributed by atoms with Crippen molar-refractivity contribution in [3.8, 4) is 0 Å². The second-order valence-corrected chi connectivity index (χ2v) is 6.28. The van der Waals surface area contributed by atoms with Crippen LogP contribution in [0.4, 0.5) is 4.79 Å². The van der Waals surface area contributed by atoms with Crippen molar-refractivity contribution in [3.63, 3.8) is 0 Å². The average Bonchev–Trinajstić information content (AvgIpc) is 3.06. The molecule has 1 saturated carbocycles. The molecule has 6 nitrogen and oxygen atoms in total. The Bertz CT molecular complexity index is 384. The second kappa shape index (κ2) is 6.24. The third-order valence-corrected chi connectivity index (χ3v) is 3.10. The molecule has 0 aromatic heterocycles. The lowest BCUT2D eigenvalue weighted by Gasteiger charge is -2.34. The van der Waals surface area contributed by atoms with Gasteiger partial charge in [-0.3, -0.25) is 4.90 Å². The molecule has 0 bridgehead atoms. The van der Waals surface area contributed by atoms with Gasteiger partial charge in [0.15, 0.2) is 0 Å². The number of aliphatic carboxylic acids is 1. The van der Waals surface area contributed by atoms with Crippen LogP contribution in [0.25, 0.3) is 0 Å². The number of nitrogens with zero attached hydrogens (tertiary/aromatic N) is 1. The van der Waals surface area contributed by atoms with Gasteiger partial charge in [-0.25, -0.2) is 9.59 Å². The first kappa shape index (κ1) is 16.5. The lowest BCUT2D eigenvalue weighted by atomic mass is 9.97. The number of hydrogen-bond acceptors (Lipinski definition) is 4. The largest absolute Gasteiger partial charge is 0.480 e. The molecule has 20 heavy (non-hydrogen) atoms. The van der Waals surface area contributed by atoms with E-state index in [4.69, 9.17) is 4.74 Å². The van der Waals surface area contributed by atoms with Gasteiger partial charge in [-0.05, 0) is 39.5 Å². The Kier molecular flexibility index (Phi) is 5.14. The van der Waals surface area contributed by atoms with Crippen molar-refractivity contribution < 1.29 is 24.2 Å². The summed E-state index contributed by atoms with van der Waals surface area (Å²) in [6.07, 6.45) is 1.71. The molecule has 0 spiro atoms. The highest BCUT2D eigenvalue weighted by molar-refractivity contribution is 5.81. The zero-order valence-corrected chi connectivity index (χ0v) is 12.5. The van der Waals surface area contributed by atoms with Gasteiger partial charge < -0.3 is 14.6 Å². The Morgan fingerprint density at radius 3 is 2.30 bits per heavy atom. The minimum absolute atomic E-state index is 0.0972. The number of carboxylic acid groups (broad SMARTS) is 1. The van der Waals surface area contributed by atoms with Crippen molar-refractivity contribution in [1.29, 1.82) is 0 Å². The quantitative estimate of drug-likeness (QED) is 0.755. The smallest absolute Gasteiger partial charge is 0.411 e. The molecule has 0 aliphatic heterocycles. The zero-order chi connectivity index (χ0) is 15.5. The van der Waals surface area contributed by atoms with Crippen molar-refractivity contribution in [2.45, 2.75) is 64.6 Å². The highest BCUT2D eigenvalue weighted by atomic mass is 16.6. The first-order valence-electron chi connectivity index (χ1n) is 6.85. The summed E-state index contributed by atoms with van der Waals surface area (Å²) in [5.74, 6) is -1.55. The molecule has 0 radical (unpaired) electrons. The summed E-state index contributed by atoms with van der Waals surface area (Å²) in [6, 6.07) is -1.12. The Morgan fingerprint density at radius 1 is 1.40 bits per heavy atom. The lowest BCUT2D eigenvalue weighted by Crippen LogP contribution is -2.51. The normalized spacial score (nSPS) is 18.0. The van der Waals surface area contributed by atoms with Gasteiger partial charge in [0, 0.05) is 12.5 Å². The SMILES string of the molecule is CC(CC=O)C(C(=O)O)N(C(=O)OC(C)(C)C)C1CC1. The minimum Gasteiger partial charge on any atom is -0.480 e. The number of rotatable bonds is 6. The molecule has 0 aromatic carbocycles. The Morgan fingerprint density at radius 2 is 1.95 bits per heavy atom. The molecule has 2 unspecified atom stereocenters. The van der Waals surface area contributed by atoms with E-state index < -0.39 is 29.6 Å². The molecule has 1 rings (SSSR count). The van der Waals surface area contributed by atoms with Crippen LogP contribution in [0.1, 0.15) is 47.0 Å². The number of hydrogen-bond donors (Lipinski definition) is 1. The summed E-state index contributed by atoms with van der Waals surface area (Å²) < 4.78 is 5.30. The maximum Gasteiger partial charge on any atom is 0.411 e. The molecular formula is C14H23NO5. The third-order valence-electron chi connectivity index (χ3n) is 3.10. The minimum atomic E-state index is -1.10. The van der Waals surface area contributed by atoms with Gasteiger partial charge in [0.2, 0.25) is 0 Å². The second-order valence-electron chi connectivity index (χ2n) is 6.28. The van der Waals surface area contributed by atoms with E-state index in [2.05, 4.69) is 0 Å². The predicted molar refractivity (Wildman–Crippen MR) is 72.4 cm³/mol. The molecular weight excluding hydrogens is 262 g/mol. The van der Waals surface area contributed by atoms with Crippen LogP contribution in [-0.4, -0.2) is 46.0 Å². The summed E-state index contributed by atoms with van der Waals surface area (Å²) in [7, 11) is 0. The summed E-state index contributed by atoms with van der Waals surface area (Å²) in [6.45, 7) is 6.87. The van der Waals surface area contributed by atoms with Crippen LogP contribution in [0.2, 0.25) is 0 Å². The summed E-state index contributed by atoms with van der Waals surface area (Å²) >= 11 is 0. The van der Waals surface area contributed by atoms with E-state index in [0.29, 0.717) is 6.29 Å². The summed E-state index contributed by atoms with van der Waals surface area (Å²) in [5.41, 5.74) is -0.679. The summed E-state index contributed by atoms with van der Waals surface area (Å²) in [5, 5.41) is 9.40. The number of ether oxygens (including phenoxy) is 1. The van der Waals surface area contributed by atoms with E-state index in [0.717, 1.165) is 12.8 Å². The molecule has 0 aromatic rings. The molecule has 0 heterocycles. The maximum absolute atomic E-state index is 12.2. The maximum atomic E-state index is 12.2. The van der Waals surface area contributed by atoms with Crippen LogP contribution in [0.3, 0.4) is 0 Å². The fourth-order valence-electron chi connectivity index (χ4n) is 2.07. The van der Waals surface area contributed by atoms with Gasteiger partial charge in [0.05, 0.1) is 0 Å². The first-order valence-corrected chi connectivity index (χ1v) is 6.85. The van der Waals surface area contributed by atoms with E-state index in [-0.39, 0.29) is 12.5 Å². The predicted octanol–water partition coefficient (Wildman–Crippen LogP) is 2.06.